The van der Waals surface area contributed by atoms with Crippen LogP contribution in [0.25, 0.3) is 0 Å². The molecule has 1 amide bonds. The summed E-state index contributed by atoms with van der Waals surface area (Å²) in [5.74, 6) is 0.701. The van der Waals surface area contributed by atoms with Gasteiger partial charge in [-0.05, 0) is 44.1 Å². The van der Waals surface area contributed by atoms with Crippen molar-refractivity contribution in [2.75, 3.05) is 13.1 Å². The summed E-state index contributed by atoms with van der Waals surface area (Å²) in [7, 11) is 0. The molecule has 3 aliphatic rings. The molecule has 0 aromatic heterocycles. The normalized spacial score (nSPS) is 34.1. The van der Waals surface area contributed by atoms with Gasteiger partial charge in [0.25, 0.3) is 0 Å². The van der Waals surface area contributed by atoms with Gasteiger partial charge in [0.1, 0.15) is 0 Å². The fraction of sp³-hybridized carbons (Fsp3) is 0.923. The van der Waals surface area contributed by atoms with Crippen LogP contribution in [0.5, 0.6) is 0 Å². The number of nitrogens with one attached hydrogen (secondary N) is 2. The predicted octanol–water partition coefficient (Wildman–Crippen LogP) is 1.86. The largest absolute Gasteiger partial charge is 0.352 e. The predicted molar refractivity (Wildman–Crippen MR) is 70.3 cm³/mol. The van der Waals surface area contributed by atoms with Gasteiger partial charge in [0.05, 0.1) is 0 Å². The Hall–Kier alpha value is -0.280. The maximum absolute atomic E-state index is 12.1. The van der Waals surface area contributed by atoms with Gasteiger partial charge in [0.2, 0.25) is 5.91 Å². The van der Waals surface area contributed by atoms with Crippen molar-refractivity contribution in [1.29, 1.82) is 0 Å². The summed E-state index contributed by atoms with van der Waals surface area (Å²) in [5, 5.41) is 6.58. The van der Waals surface area contributed by atoms with Crippen molar-refractivity contribution < 1.29 is 4.79 Å². The van der Waals surface area contributed by atoms with E-state index >= 15 is 0 Å². The van der Waals surface area contributed by atoms with Gasteiger partial charge in [-0.15, -0.1) is 12.4 Å². The van der Waals surface area contributed by atoms with E-state index in [0.29, 0.717) is 23.3 Å². The zero-order valence-corrected chi connectivity index (χ0v) is 11.2. The van der Waals surface area contributed by atoms with Crippen molar-refractivity contribution in [3.05, 3.63) is 0 Å². The van der Waals surface area contributed by atoms with E-state index in [2.05, 4.69) is 10.6 Å². The van der Waals surface area contributed by atoms with Crippen LogP contribution in [0.1, 0.15) is 44.9 Å². The second-order valence-corrected chi connectivity index (χ2v) is 5.88. The van der Waals surface area contributed by atoms with E-state index in [-0.39, 0.29) is 12.4 Å². The average molecular weight is 259 g/mol. The summed E-state index contributed by atoms with van der Waals surface area (Å²) < 4.78 is 0. The van der Waals surface area contributed by atoms with E-state index in [9.17, 15) is 4.79 Å². The summed E-state index contributed by atoms with van der Waals surface area (Å²) in [5.41, 5.74) is 0.451. The molecule has 0 bridgehead atoms. The second-order valence-electron chi connectivity index (χ2n) is 5.88. The summed E-state index contributed by atoms with van der Waals surface area (Å²) in [6, 6.07) is 0.389. The van der Waals surface area contributed by atoms with Crippen LogP contribution in [-0.2, 0) is 4.79 Å². The van der Waals surface area contributed by atoms with Crippen molar-refractivity contribution in [3.63, 3.8) is 0 Å². The number of hydrogen-bond donors (Lipinski definition) is 2. The third-order valence-corrected chi connectivity index (χ3v) is 4.75. The Labute approximate surface area is 110 Å². The molecule has 3 fully saturated rings. The Bertz CT molecular complexity index is 283. The maximum atomic E-state index is 12.1. The van der Waals surface area contributed by atoms with E-state index in [1.807, 2.05) is 0 Å². The highest BCUT2D eigenvalue weighted by Crippen LogP contribution is 2.62. The molecule has 1 aliphatic heterocycles. The minimum atomic E-state index is 0. The van der Waals surface area contributed by atoms with Crippen molar-refractivity contribution in [2.24, 2.45) is 11.3 Å². The molecule has 1 saturated heterocycles. The SMILES string of the molecule is Cl.O=C(N[C@H]1CCCNC1)C1CC12CCCC2. The lowest BCUT2D eigenvalue weighted by molar-refractivity contribution is -0.123. The highest BCUT2D eigenvalue weighted by atomic mass is 35.5. The summed E-state index contributed by atoms with van der Waals surface area (Å²) in [6.07, 6.45) is 8.80. The van der Waals surface area contributed by atoms with Crippen LogP contribution in [0.15, 0.2) is 0 Å². The van der Waals surface area contributed by atoms with Crippen LogP contribution in [-0.4, -0.2) is 25.0 Å². The molecule has 2 N–H and O–H groups in total. The quantitative estimate of drug-likeness (QED) is 0.794. The molecule has 1 heterocycles. The lowest BCUT2D eigenvalue weighted by Gasteiger charge is -2.24. The molecule has 1 unspecified atom stereocenters. The number of rotatable bonds is 2. The zero-order valence-electron chi connectivity index (χ0n) is 10.3. The molecular weight excluding hydrogens is 236 g/mol. The molecule has 3 nitrogen and oxygen atoms in total. The van der Waals surface area contributed by atoms with Gasteiger partial charge < -0.3 is 10.6 Å². The monoisotopic (exact) mass is 258 g/mol. The average Bonchev–Trinajstić information content (AvgIpc) is 2.79. The highest BCUT2D eigenvalue weighted by Gasteiger charge is 2.58. The molecule has 98 valence electrons. The highest BCUT2D eigenvalue weighted by molar-refractivity contribution is 5.85. The van der Waals surface area contributed by atoms with E-state index in [4.69, 9.17) is 0 Å². The number of piperidine rings is 1. The Morgan fingerprint density at radius 2 is 2.00 bits per heavy atom. The van der Waals surface area contributed by atoms with E-state index in [1.165, 1.54) is 38.5 Å². The van der Waals surface area contributed by atoms with E-state index < -0.39 is 0 Å². The van der Waals surface area contributed by atoms with Gasteiger partial charge >= 0.3 is 0 Å². The number of carbonyl (C=O) groups excluding carboxylic acids is 1. The number of hydrogen-bond acceptors (Lipinski definition) is 2. The Morgan fingerprint density at radius 3 is 2.65 bits per heavy atom. The number of amides is 1. The molecule has 2 saturated carbocycles. The molecule has 2 aliphatic carbocycles. The van der Waals surface area contributed by atoms with Crippen molar-refractivity contribution >= 4 is 18.3 Å². The number of carbonyl (C=O) groups is 1. The van der Waals surface area contributed by atoms with Crippen LogP contribution in [0.2, 0.25) is 0 Å². The Morgan fingerprint density at radius 1 is 1.24 bits per heavy atom. The minimum absolute atomic E-state index is 0. The van der Waals surface area contributed by atoms with Crippen molar-refractivity contribution in [1.82, 2.24) is 10.6 Å². The van der Waals surface area contributed by atoms with Gasteiger partial charge in [-0.1, -0.05) is 12.8 Å². The van der Waals surface area contributed by atoms with Crippen molar-refractivity contribution in [3.8, 4) is 0 Å². The topological polar surface area (TPSA) is 41.1 Å². The summed E-state index contributed by atoms with van der Waals surface area (Å²) >= 11 is 0. The molecule has 0 aromatic rings. The van der Waals surface area contributed by atoms with E-state index in [0.717, 1.165) is 19.5 Å². The third kappa shape index (κ3) is 2.60. The maximum Gasteiger partial charge on any atom is 0.223 e. The molecule has 17 heavy (non-hydrogen) atoms. The first-order valence-corrected chi connectivity index (χ1v) is 6.81. The first-order chi connectivity index (χ1) is 7.80. The summed E-state index contributed by atoms with van der Waals surface area (Å²) in [4.78, 5) is 12.1. The molecule has 2 atom stereocenters. The lowest BCUT2D eigenvalue weighted by Crippen LogP contribution is -2.46. The fourth-order valence-electron chi connectivity index (χ4n) is 3.63. The van der Waals surface area contributed by atoms with Gasteiger partial charge in [-0.2, -0.15) is 0 Å². The molecule has 0 radical (unpaired) electrons. The Balaban J connectivity index is 0.00000108. The molecule has 0 aromatic carbocycles. The van der Waals surface area contributed by atoms with Gasteiger partial charge in [-0.25, -0.2) is 0 Å². The Kier molecular flexibility index (Phi) is 3.99. The second kappa shape index (κ2) is 5.15. The minimum Gasteiger partial charge on any atom is -0.352 e. The molecular formula is C13H23ClN2O. The van der Waals surface area contributed by atoms with Crippen molar-refractivity contribution in [2.45, 2.75) is 51.0 Å². The molecule has 3 rings (SSSR count). The summed E-state index contributed by atoms with van der Waals surface area (Å²) in [6.45, 7) is 2.07. The van der Waals surface area contributed by atoms with Crippen LogP contribution >= 0.6 is 12.4 Å². The first-order valence-electron chi connectivity index (χ1n) is 6.81. The van der Waals surface area contributed by atoms with Crippen LogP contribution in [0.3, 0.4) is 0 Å². The van der Waals surface area contributed by atoms with Gasteiger partial charge in [-0.3, -0.25) is 4.79 Å². The lowest BCUT2D eigenvalue weighted by atomic mass is 10.0. The smallest absolute Gasteiger partial charge is 0.223 e. The third-order valence-electron chi connectivity index (χ3n) is 4.75. The van der Waals surface area contributed by atoms with Crippen LogP contribution in [0.4, 0.5) is 0 Å². The zero-order chi connectivity index (χ0) is 11.0. The van der Waals surface area contributed by atoms with Crippen LogP contribution < -0.4 is 10.6 Å². The number of halogens is 1. The molecule has 1 spiro atoms. The fourth-order valence-corrected chi connectivity index (χ4v) is 3.63. The van der Waals surface area contributed by atoms with Gasteiger partial charge in [0.15, 0.2) is 0 Å². The van der Waals surface area contributed by atoms with Gasteiger partial charge in [0, 0.05) is 18.5 Å². The van der Waals surface area contributed by atoms with E-state index in [1.54, 1.807) is 0 Å². The molecule has 4 heteroatoms. The first kappa shape index (κ1) is 13.2. The standard InChI is InChI=1S/C13H22N2O.ClH/c16-12(15-10-4-3-7-14-9-10)11-8-13(11)5-1-2-6-13;/h10-11,14H,1-9H2,(H,15,16);1H/t10-,11?;/m0./s1. The van der Waals surface area contributed by atoms with Crippen LogP contribution in [0, 0.1) is 11.3 Å².